The summed E-state index contributed by atoms with van der Waals surface area (Å²) in [6.45, 7) is 10.1. The normalized spacial score (nSPS) is 11.6. The number of ether oxygens (including phenoxy) is 3. The summed E-state index contributed by atoms with van der Waals surface area (Å²) in [4.78, 5) is 27.5. The molecule has 2 heterocycles. The molecule has 282 valence electrons. The maximum Gasteiger partial charge on any atom is 0.410 e. The number of carboxylic acid groups (broad SMARTS) is 1. The van der Waals surface area contributed by atoms with E-state index in [4.69, 9.17) is 30.9 Å². The van der Waals surface area contributed by atoms with Crippen LogP contribution in [0.15, 0.2) is 60.7 Å². The van der Waals surface area contributed by atoms with Gasteiger partial charge in [-0.15, -0.1) is 0 Å². The fraction of sp³-hybridized carbons (Fsp3) is 0.390. The molecular formula is C41H49ClN4O7. The SMILES string of the molecule is Cc1cc(OCCCc2c(C(=O)O)n(CCCN(C)C(=O)OC(C)(C)C)c3c(-c4c(COc5ccccc5)nn(C)c4CO)cccc23)cc(C)c1Cl. The number of aromatic nitrogens is 3. The Morgan fingerprint density at radius 3 is 2.30 bits per heavy atom. The standard InChI is InChI=1S/C41H49ClN4O7/c1-26-22-29(23-27(2)36(26)42)51-21-12-18-31-30-16-11-17-32(35-33(43-45(7)34(35)24-47)25-52-28-14-9-8-10-15-28)37(30)46(38(31)39(48)49)20-13-19-44(6)40(50)53-41(3,4)5/h8-11,14-17,22-23,47H,12-13,18-21,24-25H2,1-7H3,(H,48,49). The molecule has 0 saturated carbocycles. The van der Waals surface area contributed by atoms with Crippen LogP contribution >= 0.6 is 11.6 Å². The molecule has 0 spiro atoms. The van der Waals surface area contributed by atoms with Gasteiger partial charge in [-0.3, -0.25) is 4.68 Å². The van der Waals surface area contributed by atoms with E-state index >= 15 is 0 Å². The van der Waals surface area contributed by atoms with E-state index in [1.54, 1.807) is 18.8 Å². The highest BCUT2D eigenvalue weighted by Gasteiger charge is 2.28. The molecular weight excluding hydrogens is 696 g/mol. The van der Waals surface area contributed by atoms with E-state index in [0.717, 1.165) is 22.1 Å². The molecule has 0 fully saturated rings. The molecule has 0 aliphatic carbocycles. The largest absolute Gasteiger partial charge is 0.494 e. The molecule has 2 N–H and O–H groups in total. The Morgan fingerprint density at radius 2 is 1.66 bits per heavy atom. The van der Waals surface area contributed by atoms with Crippen molar-refractivity contribution in [3.63, 3.8) is 0 Å². The van der Waals surface area contributed by atoms with Crippen LogP contribution in [0.5, 0.6) is 11.5 Å². The lowest BCUT2D eigenvalue weighted by Gasteiger charge is -2.24. The predicted octanol–water partition coefficient (Wildman–Crippen LogP) is 8.35. The summed E-state index contributed by atoms with van der Waals surface area (Å²) in [5.74, 6) is 0.320. The number of aliphatic hydroxyl groups excluding tert-OH is 1. The minimum atomic E-state index is -1.06. The van der Waals surface area contributed by atoms with E-state index < -0.39 is 17.7 Å². The summed E-state index contributed by atoms with van der Waals surface area (Å²) in [5, 5.41) is 27.6. The maximum atomic E-state index is 13.2. The van der Waals surface area contributed by atoms with E-state index in [-0.39, 0.29) is 18.9 Å². The molecule has 11 nitrogen and oxygen atoms in total. The van der Waals surface area contributed by atoms with Crippen LogP contribution in [0.25, 0.3) is 22.0 Å². The maximum absolute atomic E-state index is 13.2. The minimum Gasteiger partial charge on any atom is -0.494 e. The predicted molar refractivity (Wildman–Crippen MR) is 206 cm³/mol. The van der Waals surface area contributed by atoms with Crippen molar-refractivity contribution in [2.75, 3.05) is 20.2 Å². The number of carboxylic acids is 1. The van der Waals surface area contributed by atoms with E-state index in [2.05, 4.69) is 0 Å². The molecule has 5 rings (SSSR count). The Morgan fingerprint density at radius 1 is 0.962 bits per heavy atom. The zero-order chi connectivity index (χ0) is 38.4. The van der Waals surface area contributed by atoms with Crippen LogP contribution in [0.4, 0.5) is 4.79 Å². The Labute approximate surface area is 315 Å². The van der Waals surface area contributed by atoms with Gasteiger partial charge in [0.15, 0.2) is 0 Å². The summed E-state index contributed by atoms with van der Waals surface area (Å²) < 4.78 is 21.2. The number of amides is 1. The van der Waals surface area contributed by atoms with Gasteiger partial charge in [0.1, 0.15) is 35.1 Å². The number of halogens is 1. The zero-order valence-corrected chi connectivity index (χ0v) is 32.3. The first-order chi connectivity index (χ1) is 25.2. The summed E-state index contributed by atoms with van der Waals surface area (Å²) in [6.07, 6.45) is 0.987. The average molecular weight is 745 g/mol. The Balaban J connectivity index is 1.56. The molecule has 0 aliphatic rings. The molecule has 0 bridgehead atoms. The first-order valence-electron chi connectivity index (χ1n) is 17.7. The highest BCUT2D eigenvalue weighted by molar-refractivity contribution is 6.32. The van der Waals surface area contributed by atoms with Crippen LogP contribution in [0.3, 0.4) is 0 Å². The lowest BCUT2D eigenvalue weighted by Crippen LogP contribution is -2.35. The van der Waals surface area contributed by atoms with Gasteiger partial charge in [-0.25, -0.2) is 9.59 Å². The summed E-state index contributed by atoms with van der Waals surface area (Å²) in [7, 11) is 3.44. The van der Waals surface area contributed by atoms with Crippen molar-refractivity contribution in [3.05, 3.63) is 99.5 Å². The Kier molecular flexibility index (Phi) is 12.4. The van der Waals surface area contributed by atoms with E-state index in [1.165, 1.54) is 4.90 Å². The highest BCUT2D eigenvalue weighted by atomic mass is 35.5. The van der Waals surface area contributed by atoms with Crippen LogP contribution < -0.4 is 9.47 Å². The average Bonchev–Trinajstić information content (AvgIpc) is 3.60. The fourth-order valence-electron chi connectivity index (χ4n) is 6.61. The van der Waals surface area contributed by atoms with Gasteiger partial charge in [-0.05, 0) is 94.8 Å². The number of nitrogens with zero attached hydrogens (tertiary/aromatic N) is 4. The molecule has 5 aromatic rings. The van der Waals surface area contributed by atoms with Crippen molar-refractivity contribution in [2.45, 2.75) is 79.2 Å². The fourth-order valence-corrected chi connectivity index (χ4v) is 6.72. The lowest BCUT2D eigenvalue weighted by molar-refractivity contribution is 0.0294. The topological polar surface area (TPSA) is 128 Å². The number of aryl methyl sites for hydroxylation is 5. The third-order valence-electron chi connectivity index (χ3n) is 9.00. The van der Waals surface area contributed by atoms with Crippen LogP contribution in [0.2, 0.25) is 5.02 Å². The minimum absolute atomic E-state index is 0.130. The van der Waals surface area contributed by atoms with Crippen molar-refractivity contribution in [2.24, 2.45) is 7.05 Å². The third kappa shape index (κ3) is 9.15. The molecule has 0 unspecified atom stereocenters. The van der Waals surface area contributed by atoms with Gasteiger partial charge >= 0.3 is 12.1 Å². The molecule has 0 aliphatic heterocycles. The van der Waals surface area contributed by atoms with E-state index in [9.17, 15) is 19.8 Å². The first-order valence-corrected chi connectivity index (χ1v) is 18.1. The van der Waals surface area contributed by atoms with Crippen molar-refractivity contribution in [1.29, 1.82) is 0 Å². The Hall–Kier alpha value is -5.00. The van der Waals surface area contributed by atoms with Gasteiger partial charge in [0.2, 0.25) is 0 Å². The molecule has 53 heavy (non-hydrogen) atoms. The first kappa shape index (κ1) is 39.2. The number of hydrogen-bond donors (Lipinski definition) is 2. The molecule has 3 aromatic carbocycles. The van der Waals surface area contributed by atoms with Gasteiger partial charge < -0.3 is 33.9 Å². The number of carbonyl (C=O) groups is 2. The summed E-state index contributed by atoms with van der Waals surface area (Å²) in [6, 6.07) is 19.0. The number of rotatable bonds is 15. The number of benzene rings is 3. The number of carbonyl (C=O) groups excluding carboxylic acids is 1. The molecule has 0 atom stereocenters. The quantitative estimate of drug-likeness (QED) is 0.102. The molecule has 1 amide bonds. The van der Waals surface area contributed by atoms with Crippen LogP contribution in [0, 0.1) is 13.8 Å². The van der Waals surface area contributed by atoms with Gasteiger partial charge in [0, 0.05) is 48.7 Å². The van der Waals surface area contributed by atoms with Crippen molar-refractivity contribution < 1.29 is 34.0 Å². The zero-order valence-electron chi connectivity index (χ0n) is 31.5. The van der Waals surface area contributed by atoms with Gasteiger partial charge in [0.05, 0.1) is 24.4 Å². The number of fused-ring (bicyclic) bond motifs is 1. The monoisotopic (exact) mass is 744 g/mol. The van der Waals surface area contributed by atoms with Gasteiger partial charge in [-0.1, -0.05) is 48.0 Å². The van der Waals surface area contributed by atoms with Crippen molar-refractivity contribution in [3.8, 4) is 22.6 Å². The second-order valence-electron chi connectivity index (χ2n) is 14.2. The Bertz CT molecular complexity index is 2060. The number of hydrogen-bond acceptors (Lipinski definition) is 7. The highest BCUT2D eigenvalue weighted by Crippen LogP contribution is 2.39. The number of aliphatic hydroxyl groups is 1. The molecule has 12 heteroatoms. The second-order valence-corrected chi connectivity index (χ2v) is 14.6. The van der Waals surface area contributed by atoms with Crippen LogP contribution in [0.1, 0.15) is 72.2 Å². The smallest absolute Gasteiger partial charge is 0.410 e. The number of para-hydroxylation sites is 2. The van der Waals surface area contributed by atoms with Crippen LogP contribution in [-0.4, -0.2) is 67.3 Å². The number of aromatic carboxylic acids is 1. The van der Waals surface area contributed by atoms with E-state index in [0.29, 0.717) is 83.5 Å². The molecule has 0 radical (unpaired) electrons. The summed E-state index contributed by atoms with van der Waals surface area (Å²) >= 11 is 6.36. The van der Waals surface area contributed by atoms with Gasteiger partial charge in [0.25, 0.3) is 0 Å². The van der Waals surface area contributed by atoms with E-state index in [1.807, 2.05) is 99.8 Å². The van der Waals surface area contributed by atoms with Gasteiger partial charge in [-0.2, -0.15) is 5.10 Å². The van der Waals surface area contributed by atoms with Crippen LogP contribution in [-0.2, 0) is 38.0 Å². The third-order valence-corrected chi connectivity index (χ3v) is 9.59. The molecule has 2 aromatic heterocycles. The van der Waals surface area contributed by atoms with Crippen molar-refractivity contribution >= 4 is 34.6 Å². The second kappa shape index (κ2) is 16.8. The molecule has 0 saturated heterocycles. The van der Waals surface area contributed by atoms with Crippen molar-refractivity contribution in [1.82, 2.24) is 19.2 Å². The lowest BCUT2D eigenvalue weighted by atomic mass is 9.98. The summed E-state index contributed by atoms with van der Waals surface area (Å²) in [5.41, 5.74) is 5.34.